The van der Waals surface area contributed by atoms with Gasteiger partial charge in [0.05, 0.1) is 23.9 Å². The van der Waals surface area contributed by atoms with Crippen LogP contribution in [0, 0.1) is 0 Å². The maximum atomic E-state index is 6.28. The van der Waals surface area contributed by atoms with Gasteiger partial charge in [-0.1, -0.05) is 23.7 Å². The summed E-state index contributed by atoms with van der Waals surface area (Å²) in [4.78, 5) is 6.89. The number of nitrogens with one attached hydrogen (secondary N) is 1. The first kappa shape index (κ1) is 19.5. The van der Waals surface area contributed by atoms with E-state index in [9.17, 15) is 0 Å². The van der Waals surface area contributed by atoms with Gasteiger partial charge in [-0.05, 0) is 67.5 Å². The van der Waals surface area contributed by atoms with Crippen molar-refractivity contribution in [3.05, 3.63) is 83.4 Å². The van der Waals surface area contributed by atoms with Gasteiger partial charge in [0.1, 0.15) is 0 Å². The smallest absolute Gasteiger partial charge is 0.170 e. The van der Waals surface area contributed by atoms with Crippen molar-refractivity contribution < 1.29 is 4.74 Å². The van der Waals surface area contributed by atoms with E-state index in [0.29, 0.717) is 5.02 Å². The lowest BCUT2D eigenvalue weighted by atomic mass is 10.0. The van der Waals surface area contributed by atoms with E-state index in [2.05, 4.69) is 50.2 Å². The molecule has 3 atom stereocenters. The number of ether oxygens (including phenoxy) is 1. The van der Waals surface area contributed by atoms with Gasteiger partial charge in [0.25, 0.3) is 0 Å². The highest BCUT2D eigenvalue weighted by atomic mass is 35.5. The molecule has 30 heavy (non-hydrogen) atoms. The molecular formula is C23H23ClN4OS. The van der Waals surface area contributed by atoms with Gasteiger partial charge < -0.3 is 19.5 Å². The summed E-state index contributed by atoms with van der Waals surface area (Å²) < 4.78 is 8.12. The van der Waals surface area contributed by atoms with Crippen LogP contribution < -0.4 is 5.32 Å². The Labute approximate surface area is 186 Å². The Morgan fingerprint density at radius 3 is 2.87 bits per heavy atom. The summed E-state index contributed by atoms with van der Waals surface area (Å²) in [6.45, 7) is 1.59. The number of hydrogen-bond donors (Lipinski definition) is 1. The molecule has 0 saturated carbocycles. The molecule has 5 rings (SSSR count). The quantitative estimate of drug-likeness (QED) is 0.586. The van der Waals surface area contributed by atoms with Crippen LogP contribution in [0.5, 0.6) is 0 Å². The molecule has 0 spiro atoms. The number of nitrogens with zero attached hydrogens (tertiary/aromatic N) is 3. The minimum atomic E-state index is -0.0482. The number of hydrogen-bond acceptors (Lipinski definition) is 3. The van der Waals surface area contributed by atoms with Crippen LogP contribution >= 0.6 is 23.8 Å². The number of rotatable bonds is 5. The molecule has 0 aliphatic carbocycles. The standard InChI is InChI=1S/C23H23ClN4OS/c24-16-6-3-7-17(14-16)27-12-4-10-20(27)22-21(19-9-1-2-11-25-19)26-23(30)28(22)15-18-8-5-13-29-18/h1-4,6-7,9-12,14,18,21-22H,5,8,13,15H2,(H,26,30)/t18-,21-,22+/m1/s1. The Hall–Kier alpha value is -2.41. The highest BCUT2D eigenvalue weighted by Crippen LogP contribution is 2.40. The lowest BCUT2D eigenvalue weighted by Gasteiger charge is -2.30. The normalized spacial score (nSPS) is 23.7. The molecule has 4 heterocycles. The molecule has 2 aromatic heterocycles. The number of benzene rings is 1. The van der Waals surface area contributed by atoms with Gasteiger partial charge in [-0.25, -0.2) is 0 Å². The molecule has 0 radical (unpaired) electrons. The zero-order valence-corrected chi connectivity index (χ0v) is 18.0. The third-order valence-corrected chi connectivity index (χ3v) is 6.38. The Morgan fingerprint density at radius 1 is 1.17 bits per heavy atom. The molecule has 2 saturated heterocycles. The summed E-state index contributed by atoms with van der Waals surface area (Å²) in [6, 6.07) is 18.1. The predicted octanol–water partition coefficient (Wildman–Crippen LogP) is 4.68. The van der Waals surface area contributed by atoms with Crippen molar-refractivity contribution in [1.82, 2.24) is 19.8 Å². The Bertz CT molecular complexity index is 1030. The van der Waals surface area contributed by atoms with Crippen molar-refractivity contribution >= 4 is 28.9 Å². The number of thiocarbonyl (C=S) groups is 1. The average Bonchev–Trinajstić information content (AvgIpc) is 3.50. The topological polar surface area (TPSA) is 42.3 Å². The second-order valence-corrected chi connectivity index (χ2v) is 8.52. The fraction of sp³-hybridized carbons (Fsp3) is 0.304. The second-order valence-electron chi connectivity index (χ2n) is 7.70. The molecule has 2 aliphatic heterocycles. The van der Waals surface area contributed by atoms with Crippen molar-refractivity contribution in [2.24, 2.45) is 0 Å². The summed E-state index contributed by atoms with van der Waals surface area (Å²) in [7, 11) is 0. The Balaban J connectivity index is 1.57. The van der Waals surface area contributed by atoms with Crippen molar-refractivity contribution in [3.8, 4) is 5.69 Å². The number of aromatic nitrogens is 2. The Morgan fingerprint density at radius 2 is 2.10 bits per heavy atom. The van der Waals surface area contributed by atoms with Gasteiger partial charge >= 0.3 is 0 Å². The fourth-order valence-electron chi connectivity index (χ4n) is 4.43. The molecule has 154 valence electrons. The predicted molar refractivity (Wildman–Crippen MR) is 122 cm³/mol. The highest BCUT2D eigenvalue weighted by molar-refractivity contribution is 7.80. The third-order valence-electron chi connectivity index (χ3n) is 5.79. The van der Waals surface area contributed by atoms with E-state index in [0.717, 1.165) is 48.2 Å². The van der Waals surface area contributed by atoms with E-state index >= 15 is 0 Å². The van der Waals surface area contributed by atoms with Crippen molar-refractivity contribution in [2.45, 2.75) is 31.0 Å². The molecule has 0 unspecified atom stereocenters. The molecule has 0 amide bonds. The maximum Gasteiger partial charge on any atom is 0.170 e. The fourth-order valence-corrected chi connectivity index (χ4v) is 4.93. The first-order valence-corrected chi connectivity index (χ1v) is 11.0. The van der Waals surface area contributed by atoms with Gasteiger partial charge in [-0.3, -0.25) is 4.98 Å². The monoisotopic (exact) mass is 438 g/mol. The van der Waals surface area contributed by atoms with Gasteiger partial charge in [-0.2, -0.15) is 0 Å². The maximum absolute atomic E-state index is 6.28. The molecule has 2 fully saturated rings. The molecule has 0 bridgehead atoms. The van der Waals surface area contributed by atoms with E-state index in [-0.39, 0.29) is 18.2 Å². The van der Waals surface area contributed by atoms with Crippen LogP contribution in [0.25, 0.3) is 5.69 Å². The van der Waals surface area contributed by atoms with Gasteiger partial charge in [0.15, 0.2) is 5.11 Å². The van der Waals surface area contributed by atoms with Crippen LogP contribution in [0.3, 0.4) is 0 Å². The molecule has 1 N–H and O–H groups in total. The molecule has 1 aromatic carbocycles. The lowest BCUT2D eigenvalue weighted by Crippen LogP contribution is -2.36. The zero-order valence-electron chi connectivity index (χ0n) is 16.4. The average molecular weight is 439 g/mol. The molecular weight excluding hydrogens is 416 g/mol. The SMILES string of the molecule is S=C1N[C@H](c2ccccn2)[C@H](c2cccn2-c2cccc(Cl)c2)N1C[C@H]1CCCO1. The molecule has 2 aliphatic rings. The second kappa shape index (κ2) is 8.38. The van der Waals surface area contributed by atoms with E-state index < -0.39 is 0 Å². The summed E-state index contributed by atoms with van der Waals surface area (Å²) in [5, 5.41) is 4.98. The van der Waals surface area contributed by atoms with E-state index in [4.69, 9.17) is 28.6 Å². The van der Waals surface area contributed by atoms with Crippen LogP contribution in [0.4, 0.5) is 0 Å². The minimum Gasteiger partial charge on any atom is -0.376 e. The van der Waals surface area contributed by atoms with Crippen molar-refractivity contribution in [1.29, 1.82) is 0 Å². The summed E-state index contributed by atoms with van der Waals surface area (Å²) in [5.41, 5.74) is 3.13. The van der Waals surface area contributed by atoms with Crippen LogP contribution in [0.2, 0.25) is 5.02 Å². The van der Waals surface area contributed by atoms with Crippen molar-refractivity contribution in [2.75, 3.05) is 13.2 Å². The molecule has 7 heteroatoms. The largest absolute Gasteiger partial charge is 0.376 e. The summed E-state index contributed by atoms with van der Waals surface area (Å²) in [5.74, 6) is 0. The van der Waals surface area contributed by atoms with Gasteiger partial charge in [-0.15, -0.1) is 0 Å². The van der Waals surface area contributed by atoms with Crippen molar-refractivity contribution in [3.63, 3.8) is 0 Å². The summed E-state index contributed by atoms with van der Waals surface area (Å²) >= 11 is 12.1. The highest BCUT2D eigenvalue weighted by Gasteiger charge is 2.42. The van der Waals surface area contributed by atoms with E-state index in [1.807, 2.05) is 36.5 Å². The molecule has 3 aromatic rings. The van der Waals surface area contributed by atoms with E-state index in [1.165, 1.54) is 0 Å². The first-order valence-electron chi connectivity index (χ1n) is 10.2. The zero-order chi connectivity index (χ0) is 20.5. The minimum absolute atomic E-state index is 0.00872. The van der Waals surface area contributed by atoms with Gasteiger partial charge in [0, 0.05) is 41.9 Å². The van der Waals surface area contributed by atoms with Crippen LogP contribution in [0.15, 0.2) is 67.0 Å². The first-order chi connectivity index (χ1) is 14.7. The van der Waals surface area contributed by atoms with Gasteiger partial charge in [0.2, 0.25) is 0 Å². The van der Waals surface area contributed by atoms with E-state index in [1.54, 1.807) is 0 Å². The number of pyridine rings is 1. The molecule has 5 nitrogen and oxygen atoms in total. The number of halogens is 1. The summed E-state index contributed by atoms with van der Waals surface area (Å²) in [6.07, 6.45) is 6.27. The lowest BCUT2D eigenvalue weighted by molar-refractivity contribution is 0.0836. The third kappa shape index (κ3) is 3.71. The van der Waals surface area contributed by atoms with Crippen LogP contribution in [-0.2, 0) is 4.74 Å². The van der Waals surface area contributed by atoms with Crippen LogP contribution in [0.1, 0.15) is 36.3 Å². The van der Waals surface area contributed by atoms with Crippen LogP contribution in [-0.4, -0.2) is 38.8 Å². The Kier molecular flexibility index (Phi) is 5.46.